The van der Waals surface area contributed by atoms with Gasteiger partial charge >= 0.3 is 0 Å². The summed E-state index contributed by atoms with van der Waals surface area (Å²) < 4.78 is 0. The molecule has 0 saturated carbocycles. The number of hydrogen-bond donors (Lipinski definition) is 0. The van der Waals surface area contributed by atoms with E-state index in [0.29, 0.717) is 18.6 Å². The molecule has 2 aromatic heterocycles. The van der Waals surface area contributed by atoms with Crippen molar-refractivity contribution in [1.29, 1.82) is 0 Å². The van der Waals surface area contributed by atoms with Crippen molar-refractivity contribution >= 4 is 5.78 Å². The Morgan fingerprint density at radius 1 is 1.12 bits per heavy atom. The molecule has 0 aromatic carbocycles. The fourth-order valence-corrected chi connectivity index (χ4v) is 2.14. The van der Waals surface area contributed by atoms with Crippen molar-refractivity contribution in [2.45, 2.75) is 19.3 Å². The molecule has 0 radical (unpaired) electrons. The minimum Gasteiger partial charge on any atom is -0.299 e. The minimum absolute atomic E-state index is 0.313. The van der Waals surface area contributed by atoms with Crippen molar-refractivity contribution < 1.29 is 4.79 Å². The second-order valence-electron chi connectivity index (χ2n) is 4.26. The van der Waals surface area contributed by atoms with Crippen LogP contribution in [0.3, 0.4) is 0 Å². The maximum atomic E-state index is 11.3. The Morgan fingerprint density at radius 2 is 2.06 bits per heavy atom. The van der Waals surface area contributed by atoms with Crippen molar-refractivity contribution in [3.8, 4) is 11.3 Å². The van der Waals surface area contributed by atoms with Crippen molar-refractivity contribution in [2.24, 2.45) is 0 Å². The molecule has 0 fully saturated rings. The highest BCUT2D eigenvalue weighted by atomic mass is 16.1. The fourth-order valence-electron chi connectivity index (χ4n) is 2.14. The summed E-state index contributed by atoms with van der Waals surface area (Å²) >= 11 is 0. The number of nitrogens with zero attached hydrogens (tertiary/aromatic N) is 2. The van der Waals surface area contributed by atoms with E-state index < -0.39 is 0 Å². The third-order valence-corrected chi connectivity index (χ3v) is 3.05. The number of fused-ring (bicyclic) bond motifs is 1. The van der Waals surface area contributed by atoms with Crippen LogP contribution in [0.15, 0.2) is 36.7 Å². The summed E-state index contributed by atoms with van der Waals surface area (Å²) in [6, 6.07) is 7.88. The van der Waals surface area contributed by atoms with E-state index in [1.807, 2.05) is 30.5 Å². The molecule has 2 heterocycles. The van der Waals surface area contributed by atoms with Crippen LogP contribution < -0.4 is 0 Å². The molecule has 0 N–H and O–H groups in total. The van der Waals surface area contributed by atoms with Gasteiger partial charge in [-0.2, -0.15) is 0 Å². The normalized spacial score (nSPS) is 14.5. The lowest BCUT2D eigenvalue weighted by Gasteiger charge is -2.14. The summed E-state index contributed by atoms with van der Waals surface area (Å²) in [6.45, 7) is 0. The molecule has 0 unspecified atom stereocenters. The van der Waals surface area contributed by atoms with Gasteiger partial charge in [0.2, 0.25) is 0 Å². The smallest absolute Gasteiger partial charge is 0.137 e. The van der Waals surface area contributed by atoms with E-state index in [9.17, 15) is 4.79 Å². The number of carbonyl (C=O) groups is 1. The van der Waals surface area contributed by atoms with Crippen LogP contribution in [0.2, 0.25) is 0 Å². The minimum atomic E-state index is 0.313. The molecule has 3 heteroatoms. The van der Waals surface area contributed by atoms with Crippen LogP contribution in [-0.4, -0.2) is 15.8 Å². The third kappa shape index (κ3) is 1.96. The van der Waals surface area contributed by atoms with Crippen molar-refractivity contribution in [2.75, 3.05) is 0 Å². The number of hydrogen-bond acceptors (Lipinski definition) is 3. The quantitative estimate of drug-likeness (QED) is 0.745. The number of carbonyl (C=O) groups excluding carboxylic acids is 1. The van der Waals surface area contributed by atoms with Gasteiger partial charge in [0.15, 0.2) is 0 Å². The number of ketones is 1. The predicted octanol–water partition coefficient (Wildman–Crippen LogP) is 2.20. The van der Waals surface area contributed by atoms with E-state index in [1.54, 1.807) is 6.20 Å². The van der Waals surface area contributed by atoms with E-state index in [-0.39, 0.29) is 0 Å². The van der Waals surface area contributed by atoms with E-state index in [2.05, 4.69) is 9.97 Å². The molecule has 0 spiro atoms. The Hall–Kier alpha value is -2.03. The Kier molecular flexibility index (Phi) is 2.44. The van der Waals surface area contributed by atoms with Crippen molar-refractivity contribution in [3.05, 3.63) is 47.9 Å². The zero-order valence-corrected chi connectivity index (χ0v) is 9.39. The average Bonchev–Trinajstić information content (AvgIpc) is 2.39. The molecule has 1 aliphatic carbocycles. The lowest BCUT2D eigenvalue weighted by molar-refractivity contribution is -0.118. The highest BCUT2D eigenvalue weighted by Gasteiger charge is 2.17. The van der Waals surface area contributed by atoms with Gasteiger partial charge in [0, 0.05) is 36.5 Å². The zero-order valence-electron chi connectivity index (χ0n) is 9.39. The molecule has 84 valence electrons. The van der Waals surface area contributed by atoms with E-state index >= 15 is 0 Å². The summed E-state index contributed by atoms with van der Waals surface area (Å²) in [5.74, 6) is 0.313. The number of Topliss-reactive ketones (excluding diaryl/α,β-unsaturated/α-hetero) is 1. The fraction of sp³-hybridized carbons (Fsp3) is 0.214. The van der Waals surface area contributed by atoms with Gasteiger partial charge in [-0.05, 0) is 30.2 Å². The molecule has 2 aromatic rings. The summed E-state index contributed by atoms with van der Waals surface area (Å²) in [7, 11) is 0. The van der Waals surface area contributed by atoms with Crippen LogP contribution in [0.5, 0.6) is 0 Å². The first kappa shape index (κ1) is 10.1. The largest absolute Gasteiger partial charge is 0.299 e. The molecule has 0 aliphatic heterocycles. The number of aromatic nitrogens is 2. The zero-order chi connectivity index (χ0) is 11.7. The molecule has 0 amide bonds. The summed E-state index contributed by atoms with van der Waals surface area (Å²) in [5.41, 5.74) is 4.10. The van der Waals surface area contributed by atoms with Gasteiger partial charge in [-0.1, -0.05) is 6.07 Å². The third-order valence-electron chi connectivity index (χ3n) is 3.05. The SMILES string of the molecule is O=C1CCc2nc(-c3cccnc3)ccc2C1. The van der Waals surface area contributed by atoms with E-state index in [1.165, 1.54) is 0 Å². The molecule has 3 rings (SSSR count). The molecule has 1 aliphatic rings. The topological polar surface area (TPSA) is 42.9 Å². The van der Waals surface area contributed by atoms with Crippen molar-refractivity contribution in [1.82, 2.24) is 9.97 Å². The predicted molar refractivity (Wildman–Crippen MR) is 64.5 cm³/mol. The summed E-state index contributed by atoms with van der Waals surface area (Å²) in [6.07, 6.45) is 5.48. The van der Waals surface area contributed by atoms with Gasteiger partial charge < -0.3 is 0 Å². The van der Waals surface area contributed by atoms with E-state index in [0.717, 1.165) is 28.9 Å². The Bertz CT molecular complexity index is 564. The number of pyridine rings is 2. The van der Waals surface area contributed by atoms with E-state index in [4.69, 9.17) is 0 Å². The molecular weight excluding hydrogens is 212 g/mol. The Labute approximate surface area is 99.5 Å². The summed E-state index contributed by atoms with van der Waals surface area (Å²) in [4.78, 5) is 20.1. The van der Waals surface area contributed by atoms with Gasteiger partial charge in [-0.25, -0.2) is 0 Å². The summed E-state index contributed by atoms with van der Waals surface area (Å²) in [5, 5.41) is 0. The van der Waals surface area contributed by atoms with Gasteiger partial charge in [0.05, 0.1) is 5.69 Å². The first-order valence-corrected chi connectivity index (χ1v) is 5.74. The molecule has 17 heavy (non-hydrogen) atoms. The van der Waals surface area contributed by atoms with Crippen LogP contribution >= 0.6 is 0 Å². The highest BCUT2D eigenvalue weighted by Crippen LogP contribution is 2.22. The van der Waals surface area contributed by atoms with Crippen LogP contribution in [0.1, 0.15) is 17.7 Å². The first-order valence-electron chi connectivity index (χ1n) is 5.74. The van der Waals surface area contributed by atoms with Gasteiger partial charge in [-0.3, -0.25) is 14.8 Å². The molecule has 3 nitrogen and oxygen atoms in total. The van der Waals surface area contributed by atoms with Crippen LogP contribution in [0.25, 0.3) is 11.3 Å². The first-order chi connectivity index (χ1) is 8.33. The maximum absolute atomic E-state index is 11.3. The molecule has 0 atom stereocenters. The van der Waals surface area contributed by atoms with Crippen molar-refractivity contribution in [3.63, 3.8) is 0 Å². The van der Waals surface area contributed by atoms with Crippen LogP contribution in [-0.2, 0) is 17.6 Å². The molecular formula is C14H12N2O. The standard InChI is InChI=1S/C14H12N2O/c17-12-4-6-13-10(8-12)3-5-14(16-13)11-2-1-7-15-9-11/h1-3,5,7,9H,4,6,8H2. The van der Waals surface area contributed by atoms with Gasteiger partial charge in [-0.15, -0.1) is 0 Å². The van der Waals surface area contributed by atoms with Crippen LogP contribution in [0.4, 0.5) is 0 Å². The molecule has 0 saturated heterocycles. The lowest BCUT2D eigenvalue weighted by atomic mass is 9.94. The van der Waals surface area contributed by atoms with Gasteiger partial charge in [0.25, 0.3) is 0 Å². The Morgan fingerprint density at radius 3 is 2.88 bits per heavy atom. The second kappa shape index (κ2) is 4.09. The number of rotatable bonds is 1. The highest BCUT2D eigenvalue weighted by molar-refractivity contribution is 5.83. The van der Waals surface area contributed by atoms with Crippen LogP contribution in [0, 0.1) is 0 Å². The second-order valence-corrected chi connectivity index (χ2v) is 4.26. The maximum Gasteiger partial charge on any atom is 0.137 e. The average molecular weight is 224 g/mol. The Balaban J connectivity index is 2.02. The number of aryl methyl sites for hydroxylation is 1. The lowest BCUT2D eigenvalue weighted by Crippen LogP contribution is -2.14. The van der Waals surface area contributed by atoms with Gasteiger partial charge in [0.1, 0.15) is 5.78 Å². The molecule has 0 bridgehead atoms. The monoisotopic (exact) mass is 224 g/mol.